The van der Waals surface area contributed by atoms with Gasteiger partial charge in [0.05, 0.1) is 5.37 Å². The van der Waals surface area contributed by atoms with Crippen molar-refractivity contribution < 1.29 is 0 Å². The summed E-state index contributed by atoms with van der Waals surface area (Å²) in [6.07, 6.45) is 0. The minimum Gasteiger partial charge on any atom is -0.313 e. The zero-order valence-electron chi connectivity index (χ0n) is 10.3. The van der Waals surface area contributed by atoms with E-state index in [2.05, 4.69) is 49.3 Å². The van der Waals surface area contributed by atoms with Crippen LogP contribution in [-0.4, -0.2) is 37.0 Å². The molecule has 1 aromatic rings. The number of hydrogen-bond acceptors (Lipinski definition) is 3. The van der Waals surface area contributed by atoms with Crippen LogP contribution in [0.4, 0.5) is 0 Å². The number of nitrogens with one attached hydrogen (secondary N) is 1. The minimum atomic E-state index is 0.564. The van der Waals surface area contributed by atoms with Crippen molar-refractivity contribution in [1.82, 2.24) is 10.2 Å². The van der Waals surface area contributed by atoms with Crippen molar-refractivity contribution in [2.45, 2.75) is 24.1 Å². The van der Waals surface area contributed by atoms with E-state index >= 15 is 0 Å². The van der Waals surface area contributed by atoms with Crippen LogP contribution in [0, 0.1) is 13.8 Å². The van der Waals surface area contributed by atoms with Crippen molar-refractivity contribution >= 4 is 11.8 Å². The van der Waals surface area contributed by atoms with Gasteiger partial charge in [-0.1, -0.05) is 12.1 Å². The highest BCUT2D eigenvalue weighted by atomic mass is 32.2. The van der Waals surface area contributed by atoms with Crippen molar-refractivity contribution in [3.05, 3.63) is 29.3 Å². The summed E-state index contributed by atoms with van der Waals surface area (Å²) in [7, 11) is 2.21. The van der Waals surface area contributed by atoms with Crippen LogP contribution in [-0.2, 0) is 0 Å². The predicted molar refractivity (Wildman–Crippen MR) is 71.1 cm³/mol. The van der Waals surface area contributed by atoms with Crippen LogP contribution >= 0.6 is 11.8 Å². The lowest BCUT2D eigenvalue weighted by Gasteiger charge is -2.32. The maximum atomic E-state index is 3.46. The van der Waals surface area contributed by atoms with Crippen molar-refractivity contribution in [3.63, 3.8) is 0 Å². The monoisotopic (exact) mass is 236 g/mol. The molecule has 0 aromatic heterocycles. The van der Waals surface area contributed by atoms with E-state index in [1.54, 1.807) is 0 Å². The van der Waals surface area contributed by atoms with Crippen molar-refractivity contribution in [3.8, 4) is 0 Å². The van der Waals surface area contributed by atoms with Gasteiger partial charge in [-0.15, -0.1) is 11.8 Å². The van der Waals surface area contributed by atoms with Gasteiger partial charge in [-0.2, -0.15) is 0 Å². The molecule has 1 fully saturated rings. The Hall–Kier alpha value is -0.510. The van der Waals surface area contributed by atoms with Gasteiger partial charge >= 0.3 is 0 Å². The van der Waals surface area contributed by atoms with Gasteiger partial charge in [-0.25, -0.2) is 0 Å². The zero-order valence-corrected chi connectivity index (χ0v) is 11.1. The summed E-state index contributed by atoms with van der Waals surface area (Å²) in [6.45, 7) is 7.68. The van der Waals surface area contributed by atoms with E-state index in [1.165, 1.54) is 16.0 Å². The number of piperazine rings is 1. The molecule has 0 amide bonds. The molecule has 1 heterocycles. The number of thioether (sulfide) groups is 1. The molecule has 0 spiro atoms. The molecule has 3 heteroatoms. The third kappa shape index (κ3) is 2.78. The lowest BCUT2D eigenvalue weighted by molar-refractivity contribution is 0.266. The molecule has 2 nitrogen and oxygen atoms in total. The third-order valence-electron chi connectivity index (χ3n) is 3.06. The maximum Gasteiger partial charge on any atom is 0.0729 e. The van der Waals surface area contributed by atoms with Gasteiger partial charge in [0, 0.05) is 24.5 Å². The Labute approximate surface area is 102 Å². The average molecular weight is 236 g/mol. The number of benzene rings is 1. The molecule has 2 rings (SSSR count). The summed E-state index contributed by atoms with van der Waals surface area (Å²) < 4.78 is 0. The van der Waals surface area contributed by atoms with Gasteiger partial charge in [0.25, 0.3) is 0 Å². The Morgan fingerprint density at radius 3 is 2.94 bits per heavy atom. The summed E-state index contributed by atoms with van der Waals surface area (Å²) in [5, 5.41) is 4.02. The molecule has 1 aliphatic heterocycles. The summed E-state index contributed by atoms with van der Waals surface area (Å²) in [5.74, 6) is 0. The Bertz CT molecular complexity index is 365. The highest BCUT2D eigenvalue weighted by Crippen LogP contribution is 2.29. The number of aryl methyl sites for hydroxylation is 2. The Kier molecular flexibility index (Phi) is 3.90. The van der Waals surface area contributed by atoms with Crippen LogP contribution in [0.1, 0.15) is 11.1 Å². The molecule has 1 unspecified atom stereocenters. The van der Waals surface area contributed by atoms with Gasteiger partial charge in [0.1, 0.15) is 0 Å². The molecular weight excluding hydrogens is 216 g/mol. The largest absolute Gasteiger partial charge is 0.313 e. The van der Waals surface area contributed by atoms with E-state index < -0.39 is 0 Å². The number of hydrogen-bond donors (Lipinski definition) is 1. The van der Waals surface area contributed by atoms with Gasteiger partial charge in [-0.05, 0) is 38.1 Å². The number of rotatable bonds is 2. The summed E-state index contributed by atoms with van der Waals surface area (Å²) >= 11 is 1.98. The highest BCUT2D eigenvalue weighted by molar-refractivity contribution is 8.00. The standard InChI is InChI=1S/C13H20N2S/c1-10-4-5-11(2)12(8-10)16-13-9-14-6-7-15(13)3/h4-5,8,13-14H,6-7,9H2,1-3H3. The molecule has 1 N–H and O–H groups in total. The molecular formula is C13H20N2S. The minimum absolute atomic E-state index is 0.564. The van der Waals surface area contributed by atoms with E-state index in [0.29, 0.717) is 5.37 Å². The molecule has 0 aliphatic carbocycles. The highest BCUT2D eigenvalue weighted by Gasteiger charge is 2.19. The van der Waals surface area contributed by atoms with Crippen molar-refractivity contribution in [2.75, 3.05) is 26.7 Å². The van der Waals surface area contributed by atoms with Gasteiger partial charge in [-0.3, -0.25) is 4.90 Å². The third-order valence-corrected chi connectivity index (χ3v) is 4.55. The Balaban J connectivity index is 2.10. The maximum absolute atomic E-state index is 3.46. The fourth-order valence-corrected chi connectivity index (χ4v) is 3.18. The number of nitrogens with zero attached hydrogens (tertiary/aromatic N) is 1. The molecule has 0 radical (unpaired) electrons. The van der Waals surface area contributed by atoms with Crippen LogP contribution in [0.5, 0.6) is 0 Å². The predicted octanol–water partition coefficient (Wildman–Crippen LogP) is 2.26. The van der Waals surface area contributed by atoms with Gasteiger partial charge in [0.2, 0.25) is 0 Å². The molecule has 1 aliphatic rings. The second-order valence-corrected chi connectivity index (χ2v) is 5.75. The molecule has 1 aromatic carbocycles. The Morgan fingerprint density at radius 2 is 2.19 bits per heavy atom. The number of likely N-dealkylation sites (N-methyl/N-ethyl adjacent to an activating group) is 1. The van der Waals surface area contributed by atoms with Crippen LogP contribution < -0.4 is 5.32 Å². The molecule has 16 heavy (non-hydrogen) atoms. The normalized spacial score (nSPS) is 22.3. The van der Waals surface area contributed by atoms with E-state index in [0.717, 1.165) is 19.6 Å². The van der Waals surface area contributed by atoms with E-state index in [1.807, 2.05) is 11.8 Å². The smallest absolute Gasteiger partial charge is 0.0729 e. The van der Waals surface area contributed by atoms with E-state index in [9.17, 15) is 0 Å². The zero-order chi connectivity index (χ0) is 11.5. The van der Waals surface area contributed by atoms with Crippen molar-refractivity contribution in [1.29, 1.82) is 0 Å². The first kappa shape index (κ1) is 12.0. The first-order valence-corrected chi connectivity index (χ1v) is 6.69. The topological polar surface area (TPSA) is 15.3 Å². The summed E-state index contributed by atoms with van der Waals surface area (Å²) in [6, 6.07) is 6.69. The quantitative estimate of drug-likeness (QED) is 0.848. The van der Waals surface area contributed by atoms with Crippen LogP contribution in [0.25, 0.3) is 0 Å². The van der Waals surface area contributed by atoms with Crippen LogP contribution in [0.3, 0.4) is 0 Å². The van der Waals surface area contributed by atoms with Gasteiger partial charge < -0.3 is 5.32 Å². The Morgan fingerprint density at radius 1 is 1.38 bits per heavy atom. The molecule has 1 saturated heterocycles. The van der Waals surface area contributed by atoms with Crippen molar-refractivity contribution in [2.24, 2.45) is 0 Å². The van der Waals surface area contributed by atoms with Crippen LogP contribution in [0.2, 0.25) is 0 Å². The molecule has 1 atom stereocenters. The second kappa shape index (κ2) is 5.21. The molecule has 0 saturated carbocycles. The fraction of sp³-hybridized carbons (Fsp3) is 0.538. The SMILES string of the molecule is Cc1ccc(C)c(SC2CNCCN2C)c1. The lowest BCUT2D eigenvalue weighted by Crippen LogP contribution is -2.47. The molecule has 0 bridgehead atoms. The van der Waals surface area contributed by atoms with Crippen LogP contribution in [0.15, 0.2) is 23.1 Å². The first-order chi connectivity index (χ1) is 7.66. The summed E-state index contributed by atoms with van der Waals surface area (Å²) in [5.41, 5.74) is 2.73. The van der Waals surface area contributed by atoms with E-state index in [-0.39, 0.29) is 0 Å². The summed E-state index contributed by atoms with van der Waals surface area (Å²) in [4.78, 5) is 3.85. The van der Waals surface area contributed by atoms with Gasteiger partial charge in [0.15, 0.2) is 0 Å². The second-order valence-electron chi connectivity index (χ2n) is 4.53. The first-order valence-electron chi connectivity index (χ1n) is 5.81. The molecule has 88 valence electrons. The van der Waals surface area contributed by atoms with E-state index in [4.69, 9.17) is 0 Å². The average Bonchev–Trinajstić information content (AvgIpc) is 2.27. The fourth-order valence-electron chi connectivity index (χ4n) is 1.89. The lowest BCUT2D eigenvalue weighted by atomic mass is 10.2.